The van der Waals surface area contributed by atoms with E-state index in [1.54, 1.807) is 0 Å². The van der Waals surface area contributed by atoms with E-state index in [1.807, 2.05) is 6.92 Å². The quantitative estimate of drug-likeness (QED) is 0.576. The summed E-state index contributed by atoms with van der Waals surface area (Å²) in [7, 11) is 0. The third-order valence-corrected chi connectivity index (χ3v) is 5.86. The second-order valence-corrected chi connectivity index (χ2v) is 8.45. The summed E-state index contributed by atoms with van der Waals surface area (Å²) in [5, 5.41) is 3.40. The molecule has 0 spiro atoms. The highest BCUT2D eigenvalue weighted by Gasteiger charge is 2.27. The molecule has 2 aromatic rings. The molecule has 5 heteroatoms. The minimum atomic E-state index is 0.527. The van der Waals surface area contributed by atoms with Crippen molar-refractivity contribution in [1.82, 2.24) is 15.3 Å². The second kappa shape index (κ2) is 9.16. The van der Waals surface area contributed by atoms with Crippen molar-refractivity contribution in [3.8, 4) is 0 Å². The first-order chi connectivity index (χ1) is 13.0. The number of nitrogens with one attached hydrogen (secondary N) is 1. The van der Waals surface area contributed by atoms with E-state index >= 15 is 0 Å². The van der Waals surface area contributed by atoms with Gasteiger partial charge in [0, 0.05) is 22.3 Å². The molecule has 1 aliphatic heterocycles. The molecule has 0 fully saturated rings. The first kappa shape index (κ1) is 20.3. The number of anilines is 2. The first-order valence-corrected chi connectivity index (χ1v) is 10.9. The van der Waals surface area contributed by atoms with Crippen LogP contribution >= 0.6 is 15.9 Å². The van der Waals surface area contributed by atoms with E-state index in [2.05, 4.69) is 65.1 Å². The number of aryl methyl sites for hydroxylation is 2. The number of nitrogens with zero attached hydrogens (tertiary/aromatic N) is 3. The number of aromatic nitrogens is 2. The van der Waals surface area contributed by atoms with Gasteiger partial charge in [-0.1, -0.05) is 26.8 Å². The highest BCUT2D eigenvalue weighted by atomic mass is 79.9. The van der Waals surface area contributed by atoms with Gasteiger partial charge in [0.05, 0.1) is 5.69 Å². The standard InChI is InChI=1S/C22H31BrN4/c1-5-24-12-7-6-8-20-18-11-13-27(22(18)26-16(4)25-20)21-10-9-17(15(2)3)14-19(21)23/h9-10,14-15,24H,5-8,11-13H2,1-4H3. The third-order valence-electron chi connectivity index (χ3n) is 5.22. The third kappa shape index (κ3) is 4.69. The molecule has 1 N–H and O–H groups in total. The van der Waals surface area contributed by atoms with Gasteiger partial charge in [-0.3, -0.25) is 0 Å². The summed E-state index contributed by atoms with van der Waals surface area (Å²) in [6, 6.07) is 6.70. The van der Waals surface area contributed by atoms with Crippen molar-refractivity contribution in [3.63, 3.8) is 0 Å². The largest absolute Gasteiger partial charge is 0.325 e. The number of hydrogen-bond acceptors (Lipinski definition) is 4. The molecule has 3 rings (SSSR count). The van der Waals surface area contributed by atoms with E-state index in [0.717, 1.165) is 48.6 Å². The van der Waals surface area contributed by atoms with Crippen LogP contribution in [0.2, 0.25) is 0 Å². The van der Waals surface area contributed by atoms with Gasteiger partial charge in [-0.05, 0) is 85.2 Å². The Kier molecular flexibility index (Phi) is 6.88. The normalized spacial score (nSPS) is 13.5. The summed E-state index contributed by atoms with van der Waals surface area (Å²) in [5.74, 6) is 2.50. The number of rotatable bonds is 8. The van der Waals surface area contributed by atoms with Gasteiger partial charge in [-0.15, -0.1) is 0 Å². The van der Waals surface area contributed by atoms with Gasteiger partial charge < -0.3 is 10.2 Å². The van der Waals surface area contributed by atoms with E-state index in [-0.39, 0.29) is 0 Å². The Morgan fingerprint density at radius 1 is 1.22 bits per heavy atom. The van der Waals surface area contributed by atoms with Crippen molar-refractivity contribution in [2.75, 3.05) is 24.5 Å². The monoisotopic (exact) mass is 430 g/mol. The van der Waals surface area contributed by atoms with Gasteiger partial charge in [0.25, 0.3) is 0 Å². The number of halogens is 1. The Morgan fingerprint density at radius 3 is 2.74 bits per heavy atom. The van der Waals surface area contributed by atoms with Gasteiger partial charge in [-0.25, -0.2) is 9.97 Å². The molecule has 1 aromatic carbocycles. The van der Waals surface area contributed by atoms with Crippen molar-refractivity contribution in [2.24, 2.45) is 0 Å². The minimum absolute atomic E-state index is 0.527. The van der Waals surface area contributed by atoms with E-state index in [4.69, 9.17) is 9.97 Å². The van der Waals surface area contributed by atoms with Crippen molar-refractivity contribution >= 4 is 27.4 Å². The van der Waals surface area contributed by atoms with Crippen LogP contribution in [0, 0.1) is 6.92 Å². The molecule has 0 radical (unpaired) electrons. The van der Waals surface area contributed by atoms with Crippen LogP contribution in [0.5, 0.6) is 0 Å². The van der Waals surface area contributed by atoms with Crippen LogP contribution in [0.15, 0.2) is 22.7 Å². The molecule has 1 aromatic heterocycles. The smallest absolute Gasteiger partial charge is 0.140 e. The van der Waals surface area contributed by atoms with Gasteiger partial charge in [0.2, 0.25) is 0 Å². The summed E-state index contributed by atoms with van der Waals surface area (Å²) >= 11 is 3.79. The molecule has 0 atom stereocenters. The molecular weight excluding hydrogens is 400 g/mol. The summed E-state index contributed by atoms with van der Waals surface area (Å²) in [6.07, 6.45) is 4.43. The maximum absolute atomic E-state index is 4.81. The lowest BCUT2D eigenvalue weighted by atomic mass is 10.0. The molecule has 146 valence electrons. The van der Waals surface area contributed by atoms with E-state index in [9.17, 15) is 0 Å². The summed E-state index contributed by atoms with van der Waals surface area (Å²) in [6.45, 7) is 11.7. The fourth-order valence-electron chi connectivity index (χ4n) is 3.71. The molecule has 27 heavy (non-hydrogen) atoms. The van der Waals surface area contributed by atoms with Crippen LogP contribution in [-0.4, -0.2) is 29.6 Å². The maximum Gasteiger partial charge on any atom is 0.140 e. The van der Waals surface area contributed by atoms with Gasteiger partial charge in [-0.2, -0.15) is 0 Å². The topological polar surface area (TPSA) is 41.1 Å². The first-order valence-electron chi connectivity index (χ1n) is 10.1. The molecule has 2 heterocycles. The lowest BCUT2D eigenvalue weighted by Gasteiger charge is -2.21. The Morgan fingerprint density at radius 2 is 2.04 bits per heavy atom. The highest BCUT2D eigenvalue weighted by molar-refractivity contribution is 9.10. The lowest BCUT2D eigenvalue weighted by molar-refractivity contribution is 0.634. The van der Waals surface area contributed by atoms with Gasteiger partial charge in [0.1, 0.15) is 11.6 Å². The van der Waals surface area contributed by atoms with Crippen molar-refractivity contribution in [3.05, 3.63) is 45.3 Å². The Bertz CT molecular complexity index is 788. The van der Waals surface area contributed by atoms with Crippen LogP contribution < -0.4 is 10.2 Å². The van der Waals surface area contributed by atoms with Crippen LogP contribution in [0.1, 0.15) is 62.2 Å². The molecule has 0 saturated carbocycles. The average molecular weight is 431 g/mol. The van der Waals surface area contributed by atoms with Crippen LogP contribution in [0.3, 0.4) is 0 Å². The van der Waals surface area contributed by atoms with Crippen LogP contribution in [-0.2, 0) is 12.8 Å². The average Bonchev–Trinajstić information content (AvgIpc) is 3.04. The van der Waals surface area contributed by atoms with E-state index < -0.39 is 0 Å². The van der Waals surface area contributed by atoms with E-state index in [0.29, 0.717) is 5.92 Å². The molecular formula is C22H31BrN4. The lowest BCUT2D eigenvalue weighted by Crippen LogP contribution is -2.16. The van der Waals surface area contributed by atoms with Crippen molar-refractivity contribution < 1.29 is 0 Å². The highest BCUT2D eigenvalue weighted by Crippen LogP contribution is 2.39. The Balaban J connectivity index is 1.82. The van der Waals surface area contributed by atoms with Gasteiger partial charge in [0.15, 0.2) is 0 Å². The zero-order chi connectivity index (χ0) is 19.4. The minimum Gasteiger partial charge on any atom is -0.325 e. The summed E-state index contributed by atoms with van der Waals surface area (Å²) < 4.78 is 1.14. The number of hydrogen-bond donors (Lipinski definition) is 1. The van der Waals surface area contributed by atoms with Crippen LogP contribution in [0.25, 0.3) is 0 Å². The molecule has 0 saturated heterocycles. The predicted molar refractivity (Wildman–Crippen MR) is 117 cm³/mol. The molecule has 0 bridgehead atoms. The second-order valence-electron chi connectivity index (χ2n) is 7.60. The maximum atomic E-state index is 4.81. The molecule has 1 aliphatic rings. The zero-order valence-electron chi connectivity index (χ0n) is 17.0. The summed E-state index contributed by atoms with van der Waals surface area (Å²) in [4.78, 5) is 11.9. The number of benzene rings is 1. The Labute approximate surface area is 171 Å². The molecule has 0 aliphatic carbocycles. The van der Waals surface area contributed by atoms with E-state index in [1.165, 1.54) is 35.3 Å². The molecule has 4 nitrogen and oxygen atoms in total. The molecule has 0 unspecified atom stereocenters. The van der Waals surface area contributed by atoms with Crippen LogP contribution in [0.4, 0.5) is 11.5 Å². The summed E-state index contributed by atoms with van der Waals surface area (Å²) in [5.41, 5.74) is 5.13. The molecule has 0 amide bonds. The fraction of sp³-hybridized carbons (Fsp3) is 0.545. The predicted octanol–water partition coefficient (Wildman–Crippen LogP) is 5.30. The fourth-order valence-corrected chi connectivity index (χ4v) is 4.32. The number of unbranched alkanes of at least 4 members (excludes halogenated alkanes) is 1. The Hall–Kier alpha value is -1.46. The zero-order valence-corrected chi connectivity index (χ0v) is 18.6. The SMILES string of the molecule is CCNCCCCc1nc(C)nc2c1CCN2c1ccc(C(C)C)cc1Br. The number of fused-ring (bicyclic) bond motifs is 1. The van der Waals surface area contributed by atoms with Crippen molar-refractivity contribution in [2.45, 2.75) is 59.3 Å². The van der Waals surface area contributed by atoms with Gasteiger partial charge >= 0.3 is 0 Å². The van der Waals surface area contributed by atoms with Crippen molar-refractivity contribution in [1.29, 1.82) is 0 Å².